The Morgan fingerprint density at radius 1 is 1.04 bits per heavy atom. The lowest BCUT2D eigenvalue weighted by atomic mass is 10.3. The minimum atomic E-state index is -1.12. The van der Waals surface area contributed by atoms with Gasteiger partial charge in [-0.05, 0) is 24.3 Å². The van der Waals surface area contributed by atoms with Crippen molar-refractivity contribution in [3.63, 3.8) is 0 Å². The summed E-state index contributed by atoms with van der Waals surface area (Å²) in [7, 11) is 0. The van der Waals surface area contributed by atoms with Gasteiger partial charge in [0.1, 0.15) is 11.6 Å². The molecule has 0 aliphatic rings. The monoisotopic (exact) mass is 409 g/mol. The van der Waals surface area contributed by atoms with E-state index in [1.165, 1.54) is 18.5 Å². The van der Waals surface area contributed by atoms with Gasteiger partial charge in [-0.2, -0.15) is 0 Å². The maximum Gasteiger partial charge on any atom is 0.287 e. The molecule has 2 aromatic carbocycles. The molecule has 0 saturated carbocycles. The van der Waals surface area contributed by atoms with E-state index in [0.29, 0.717) is 0 Å². The SMILES string of the molecule is O=C(CSc1nccn(-c2ccc(F)c(F)c2)c1=O)Nc1cc(F)ccc1F. The number of hydrogen-bond acceptors (Lipinski definition) is 4. The first-order valence-electron chi connectivity index (χ1n) is 7.76. The van der Waals surface area contributed by atoms with E-state index in [4.69, 9.17) is 0 Å². The number of hydrogen-bond donors (Lipinski definition) is 1. The molecule has 28 heavy (non-hydrogen) atoms. The van der Waals surface area contributed by atoms with Crippen molar-refractivity contribution in [2.24, 2.45) is 0 Å². The van der Waals surface area contributed by atoms with Crippen molar-refractivity contribution in [3.05, 3.63) is 82.4 Å². The van der Waals surface area contributed by atoms with Crippen molar-refractivity contribution in [1.82, 2.24) is 9.55 Å². The van der Waals surface area contributed by atoms with Crippen molar-refractivity contribution in [2.75, 3.05) is 11.1 Å². The van der Waals surface area contributed by atoms with E-state index in [0.717, 1.165) is 46.7 Å². The number of halogens is 4. The number of amides is 1. The molecule has 1 aromatic heterocycles. The standard InChI is InChI=1S/C18H11F4N3O2S/c19-10-1-3-13(21)15(7-10)24-16(26)9-28-17-18(27)25(6-5-23-17)11-2-4-12(20)14(22)8-11/h1-8H,9H2,(H,24,26). The number of anilines is 1. The first-order valence-corrected chi connectivity index (χ1v) is 8.74. The smallest absolute Gasteiger partial charge is 0.287 e. The summed E-state index contributed by atoms with van der Waals surface area (Å²) in [6.45, 7) is 0. The van der Waals surface area contributed by atoms with E-state index in [-0.39, 0.29) is 22.2 Å². The van der Waals surface area contributed by atoms with Crippen molar-refractivity contribution in [1.29, 1.82) is 0 Å². The molecule has 3 aromatic rings. The Morgan fingerprint density at radius 3 is 2.54 bits per heavy atom. The number of nitrogens with one attached hydrogen (secondary N) is 1. The zero-order chi connectivity index (χ0) is 20.3. The number of aromatic nitrogens is 2. The van der Waals surface area contributed by atoms with E-state index in [2.05, 4.69) is 10.3 Å². The summed E-state index contributed by atoms with van der Waals surface area (Å²) < 4.78 is 54.2. The van der Waals surface area contributed by atoms with Crippen LogP contribution in [0.4, 0.5) is 23.2 Å². The van der Waals surface area contributed by atoms with Crippen LogP contribution in [0.3, 0.4) is 0 Å². The highest BCUT2D eigenvalue weighted by molar-refractivity contribution is 7.99. The highest BCUT2D eigenvalue weighted by Gasteiger charge is 2.13. The molecule has 0 atom stereocenters. The van der Waals surface area contributed by atoms with Crippen LogP contribution in [-0.4, -0.2) is 21.2 Å². The van der Waals surface area contributed by atoms with Crippen molar-refractivity contribution in [3.8, 4) is 5.69 Å². The number of nitrogens with zero attached hydrogens (tertiary/aromatic N) is 2. The van der Waals surface area contributed by atoms with Gasteiger partial charge in [-0.3, -0.25) is 14.2 Å². The molecule has 0 spiro atoms. The van der Waals surface area contributed by atoms with E-state index in [1.807, 2.05) is 0 Å². The number of benzene rings is 2. The third-order valence-electron chi connectivity index (χ3n) is 3.53. The van der Waals surface area contributed by atoms with Crippen LogP contribution in [0.15, 0.2) is 58.6 Å². The van der Waals surface area contributed by atoms with Crippen LogP contribution >= 0.6 is 11.8 Å². The second kappa shape index (κ2) is 8.26. The maximum absolute atomic E-state index is 13.5. The minimum Gasteiger partial charge on any atom is -0.323 e. The molecule has 3 rings (SSSR count). The summed E-state index contributed by atoms with van der Waals surface area (Å²) in [5, 5.41) is 2.12. The van der Waals surface area contributed by atoms with Crippen LogP contribution in [0.2, 0.25) is 0 Å². The Labute approximate surface area is 160 Å². The summed E-state index contributed by atoms with van der Waals surface area (Å²) in [5.41, 5.74) is -0.895. The van der Waals surface area contributed by atoms with Crippen molar-refractivity contribution in [2.45, 2.75) is 5.03 Å². The van der Waals surface area contributed by atoms with Gasteiger partial charge in [-0.25, -0.2) is 22.5 Å². The molecule has 0 aliphatic carbocycles. The average molecular weight is 409 g/mol. The third-order valence-corrected chi connectivity index (χ3v) is 4.49. The Balaban J connectivity index is 1.74. The fourth-order valence-corrected chi connectivity index (χ4v) is 2.94. The lowest BCUT2D eigenvalue weighted by Crippen LogP contribution is -2.22. The Bertz CT molecular complexity index is 1100. The van der Waals surface area contributed by atoms with E-state index in [1.54, 1.807) is 0 Å². The molecular formula is C18H11F4N3O2S. The number of carbonyl (C=O) groups is 1. The van der Waals surface area contributed by atoms with Crippen molar-refractivity contribution >= 4 is 23.4 Å². The number of thioether (sulfide) groups is 1. The van der Waals surface area contributed by atoms with Gasteiger partial charge in [-0.15, -0.1) is 0 Å². The predicted octanol–water partition coefficient (Wildman–Crippen LogP) is 3.52. The van der Waals surface area contributed by atoms with Crippen LogP contribution in [0.1, 0.15) is 0 Å². The normalized spacial score (nSPS) is 10.7. The van der Waals surface area contributed by atoms with Crippen LogP contribution in [0.5, 0.6) is 0 Å². The van der Waals surface area contributed by atoms with Gasteiger partial charge < -0.3 is 5.32 Å². The van der Waals surface area contributed by atoms with Gasteiger partial charge in [0.2, 0.25) is 5.91 Å². The summed E-state index contributed by atoms with van der Waals surface area (Å²) in [5.74, 6) is -4.69. The summed E-state index contributed by atoms with van der Waals surface area (Å²) in [6, 6.07) is 5.56. The summed E-state index contributed by atoms with van der Waals surface area (Å²) in [6.07, 6.45) is 2.52. The molecule has 1 N–H and O–H groups in total. The molecule has 0 bridgehead atoms. The Kier molecular flexibility index (Phi) is 5.78. The number of carbonyl (C=O) groups excluding carboxylic acids is 1. The molecule has 0 fully saturated rings. The second-order valence-electron chi connectivity index (χ2n) is 5.47. The lowest BCUT2D eigenvalue weighted by Gasteiger charge is -2.08. The van der Waals surface area contributed by atoms with E-state index < -0.39 is 34.7 Å². The molecule has 10 heteroatoms. The fourth-order valence-electron chi connectivity index (χ4n) is 2.24. The highest BCUT2D eigenvalue weighted by Crippen LogP contribution is 2.17. The third kappa shape index (κ3) is 4.39. The minimum absolute atomic E-state index is 0.0814. The Hall–Kier alpha value is -3.14. The van der Waals surface area contributed by atoms with Gasteiger partial charge in [0.15, 0.2) is 16.7 Å². The Morgan fingerprint density at radius 2 is 1.79 bits per heavy atom. The molecule has 144 valence electrons. The highest BCUT2D eigenvalue weighted by atomic mass is 32.2. The molecule has 1 heterocycles. The number of rotatable bonds is 5. The largest absolute Gasteiger partial charge is 0.323 e. The average Bonchev–Trinajstić information content (AvgIpc) is 2.66. The molecule has 1 amide bonds. The van der Waals surface area contributed by atoms with Crippen LogP contribution < -0.4 is 10.9 Å². The quantitative estimate of drug-likeness (QED) is 0.517. The van der Waals surface area contributed by atoms with Crippen molar-refractivity contribution < 1.29 is 22.4 Å². The topological polar surface area (TPSA) is 64.0 Å². The van der Waals surface area contributed by atoms with Gasteiger partial charge in [0, 0.05) is 24.5 Å². The lowest BCUT2D eigenvalue weighted by molar-refractivity contribution is -0.113. The molecule has 0 unspecified atom stereocenters. The second-order valence-corrected chi connectivity index (χ2v) is 6.43. The van der Waals surface area contributed by atoms with Gasteiger partial charge in [0.05, 0.1) is 17.1 Å². The molecule has 0 aliphatic heterocycles. The van der Waals surface area contributed by atoms with E-state index in [9.17, 15) is 27.2 Å². The molecule has 5 nitrogen and oxygen atoms in total. The molecule has 0 saturated heterocycles. The summed E-state index contributed by atoms with van der Waals surface area (Å²) in [4.78, 5) is 28.3. The fraction of sp³-hybridized carbons (Fsp3) is 0.0556. The first-order chi connectivity index (χ1) is 13.3. The van der Waals surface area contributed by atoms with Gasteiger partial charge in [-0.1, -0.05) is 11.8 Å². The molecular weight excluding hydrogens is 398 g/mol. The molecule has 0 radical (unpaired) electrons. The van der Waals surface area contributed by atoms with Gasteiger partial charge in [0.25, 0.3) is 5.56 Å². The van der Waals surface area contributed by atoms with E-state index >= 15 is 0 Å². The first kappa shape index (κ1) is 19.6. The zero-order valence-electron chi connectivity index (χ0n) is 14.0. The maximum atomic E-state index is 13.5. The predicted molar refractivity (Wildman–Crippen MR) is 95.5 cm³/mol. The van der Waals surface area contributed by atoms with Gasteiger partial charge >= 0.3 is 0 Å². The zero-order valence-corrected chi connectivity index (χ0v) is 14.8. The summed E-state index contributed by atoms with van der Waals surface area (Å²) >= 11 is 0.760. The van der Waals surface area contributed by atoms with Crippen LogP contribution in [-0.2, 0) is 4.79 Å². The van der Waals surface area contributed by atoms with Crippen LogP contribution in [0, 0.1) is 23.3 Å². The van der Waals surface area contributed by atoms with Crippen LogP contribution in [0.25, 0.3) is 5.69 Å².